The molecule has 0 rings (SSSR count). The second kappa shape index (κ2) is 6.58. The van der Waals surface area contributed by atoms with E-state index in [4.69, 9.17) is 0 Å². The first kappa shape index (κ1) is 10.9. The highest BCUT2D eigenvalue weighted by Crippen LogP contribution is 2.02. The van der Waals surface area contributed by atoms with Crippen LogP contribution in [0.4, 0.5) is 8.78 Å². The van der Waals surface area contributed by atoms with Gasteiger partial charge in [-0.2, -0.15) is 0 Å². The Labute approximate surface area is 71.5 Å². The van der Waals surface area contributed by atoms with Gasteiger partial charge in [0.15, 0.2) is 0 Å². The molecule has 0 amide bonds. The number of alkyl halides is 1. The zero-order chi connectivity index (χ0) is 9.40. The van der Waals surface area contributed by atoms with Crippen LogP contribution in [0.2, 0.25) is 0 Å². The van der Waals surface area contributed by atoms with E-state index in [1.54, 1.807) is 7.05 Å². The van der Waals surface area contributed by atoms with E-state index >= 15 is 0 Å². The summed E-state index contributed by atoms with van der Waals surface area (Å²) in [7, 11) is 1.69. The summed E-state index contributed by atoms with van der Waals surface area (Å²) in [6, 6.07) is 0. The Morgan fingerprint density at radius 3 is 2.67 bits per heavy atom. The molecule has 0 aliphatic rings. The molecule has 0 heterocycles. The molecule has 0 spiro atoms. The maximum absolute atomic E-state index is 12.6. The topological polar surface area (TPSA) is 12.0 Å². The molecule has 0 aromatic heterocycles. The molecule has 0 aliphatic heterocycles. The van der Waals surface area contributed by atoms with Gasteiger partial charge < -0.3 is 5.32 Å². The fourth-order valence-corrected chi connectivity index (χ4v) is 0.524. The first-order chi connectivity index (χ1) is 5.70. The molecule has 0 bridgehead atoms. The molecule has 0 radical (unpaired) electrons. The minimum atomic E-state index is -0.533. The van der Waals surface area contributed by atoms with E-state index in [9.17, 15) is 8.78 Å². The first-order valence-corrected chi connectivity index (χ1v) is 3.67. The molecule has 0 unspecified atom stereocenters. The van der Waals surface area contributed by atoms with Crippen molar-refractivity contribution >= 4 is 0 Å². The average molecular weight is 173 g/mol. The van der Waals surface area contributed by atoms with E-state index in [-0.39, 0.29) is 6.42 Å². The van der Waals surface area contributed by atoms with Gasteiger partial charge in [0.2, 0.25) is 0 Å². The lowest BCUT2D eigenvalue weighted by atomic mass is 10.3. The predicted molar refractivity (Wildman–Crippen MR) is 47.1 cm³/mol. The van der Waals surface area contributed by atoms with Crippen LogP contribution in [-0.4, -0.2) is 13.7 Å². The maximum Gasteiger partial charge on any atom is 0.119 e. The van der Waals surface area contributed by atoms with Crippen molar-refractivity contribution in [3.8, 4) is 0 Å². The third-order valence-electron chi connectivity index (χ3n) is 1.21. The van der Waals surface area contributed by atoms with E-state index in [1.165, 1.54) is 18.2 Å². The van der Waals surface area contributed by atoms with Gasteiger partial charge in [0, 0.05) is 12.7 Å². The molecule has 12 heavy (non-hydrogen) atoms. The van der Waals surface area contributed by atoms with Crippen LogP contribution in [0.25, 0.3) is 0 Å². The molecule has 0 aliphatic carbocycles. The van der Waals surface area contributed by atoms with Crippen molar-refractivity contribution in [1.82, 2.24) is 5.32 Å². The average Bonchev–Trinajstić information content (AvgIpc) is 2.10. The number of likely N-dealkylation sites (N-methyl/N-ethyl adjacent to an activating group) is 1. The van der Waals surface area contributed by atoms with Gasteiger partial charge in [0.1, 0.15) is 5.83 Å². The Balaban J connectivity index is 3.89. The van der Waals surface area contributed by atoms with Crippen molar-refractivity contribution in [2.45, 2.75) is 6.42 Å². The molecule has 0 saturated heterocycles. The Bertz CT molecular complexity index is 195. The van der Waals surface area contributed by atoms with E-state index in [2.05, 4.69) is 11.9 Å². The molecule has 0 saturated carbocycles. The summed E-state index contributed by atoms with van der Waals surface area (Å²) in [5, 5.41) is 2.73. The van der Waals surface area contributed by atoms with E-state index < -0.39 is 12.5 Å². The Kier molecular flexibility index (Phi) is 5.97. The molecule has 0 aromatic carbocycles. The quantitative estimate of drug-likeness (QED) is 0.630. The normalized spacial score (nSPS) is 12.1. The number of nitrogens with one attached hydrogen (secondary N) is 1. The van der Waals surface area contributed by atoms with Crippen molar-refractivity contribution in [3.63, 3.8) is 0 Å². The number of rotatable bonds is 5. The van der Waals surface area contributed by atoms with Crippen molar-refractivity contribution in [2.24, 2.45) is 0 Å². The van der Waals surface area contributed by atoms with Crippen LogP contribution in [0.15, 0.2) is 36.3 Å². The second-order valence-corrected chi connectivity index (χ2v) is 2.18. The van der Waals surface area contributed by atoms with Crippen LogP contribution in [0.5, 0.6) is 0 Å². The lowest BCUT2D eigenvalue weighted by Crippen LogP contribution is -2.00. The molecule has 68 valence electrons. The number of allylic oxidation sites excluding steroid dienone is 4. The molecule has 0 aromatic rings. The van der Waals surface area contributed by atoms with Crippen LogP contribution >= 0.6 is 0 Å². The largest absolute Gasteiger partial charge is 0.389 e. The van der Waals surface area contributed by atoms with Crippen molar-refractivity contribution in [3.05, 3.63) is 36.3 Å². The maximum atomic E-state index is 12.6. The van der Waals surface area contributed by atoms with E-state index in [1.807, 2.05) is 0 Å². The highest BCUT2D eigenvalue weighted by atomic mass is 19.1. The third kappa shape index (κ3) is 5.65. The number of hydrogen-bond acceptors (Lipinski definition) is 1. The van der Waals surface area contributed by atoms with Gasteiger partial charge in [0.25, 0.3) is 0 Å². The molecular formula is C9H13F2N. The fourth-order valence-electron chi connectivity index (χ4n) is 0.524. The standard InChI is InChI=1S/C9H13F2N/c1-8(12-2)5-6-9(11)4-3-7-10/h4-6,12H,1,3,7H2,2H3/b6-5-,9-4+. The number of hydrogen-bond donors (Lipinski definition) is 1. The molecule has 0 fully saturated rings. The minimum absolute atomic E-state index is 0.113. The van der Waals surface area contributed by atoms with E-state index in [0.29, 0.717) is 5.70 Å². The lowest BCUT2D eigenvalue weighted by molar-refractivity contribution is 0.497. The van der Waals surface area contributed by atoms with Gasteiger partial charge in [0.05, 0.1) is 6.67 Å². The lowest BCUT2D eigenvalue weighted by Gasteiger charge is -1.94. The first-order valence-electron chi connectivity index (χ1n) is 3.67. The molecular weight excluding hydrogens is 160 g/mol. The van der Waals surface area contributed by atoms with Gasteiger partial charge in [-0.25, -0.2) is 4.39 Å². The van der Waals surface area contributed by atoms with Gasteiger partial charge in [-0.05, 0) is 24.6 Å². The summed E-state index contributed by atoms with van der Waals surface area (Å²) < 4.78 is 24.2. The Hall–Kier alpha value is -1.12. The summed E-state index contributed by atoms with van der Waals surface area (Å²) in [4.78, 5) is 0. The SMILES string of the molecule is C=C(/C=C\C(F)=C/CCF)NC. The fraction of sp³-hybridized carbons (Fsp3) is 0.333. The zero-order valence-corrected chi connectivity index (χ0v) is 7.11. The smallest absolute Gasteiger partial charge is 0.119 e. The highest BCUT2D eigenvalue weighted by Gasteiger charge is 1.87. The van der Waals surface area contributed by atoms with Gasteiger partial charge in [-0.3, -0.25) is 4.39 Å². The van der Waals surface area contributed by atoms with Crippen molar-refractivity contribution in [2.75, 3.05) is 13.7 Å². The summed E-state index contributed by atoms with van der Waals surface area (Å²) >= 11 is 0. The highest BCUT2D eigenvalue weighted by molar-refractivity contribution is 5.20. The van der Waals surface area contributed by atoms with E-state index in [0.717, 1.165) is 0 Å². The van der Waals surface area contributed by atoms with Crippen LogP contribution in [0.1, 0.15) is 6.42 Å². The van der Waals surface area contributed by atoms with Gasteiger partial charge >= 0.3 is 0 Å². The summed E-state index contributed by atoms with van der Waals surface area (Å²) in [5.74, 6) is -0.441. The Morgan fingerprint density at radius 1 is 1.50 bits per heavy atom. The zero-order valence-electron chi connectivity index (χ0n) is 7.11. The van der Waals surface area contributed by atoms with Crippen LogP contribution in [-0.2, 0) is 0 Å². The molecule has 1 N–H and O–H groups in total. The van der Waals surface area contributed by atoms with Crippen molar-refractivity contribution < 1.29 is 8.78 Å². The molecule has 0 atom stereocenters. The summed E-state index contributed by atoms with van der Waals surface area (Å²) in [6.45, 7) is 3.03. The molecule has 3 heteroatoms. The third-order valence-corrected chi connectivity index (χ3v) is 1.21. The number of halogens is 2. The second-order valence-electron chi connectivity index (χ2n) is 2.18. The Morgan fingerprint density at radius 2 is 2.17 bits per heavy atom. The predicted octanol–water partition coefficient (Wildman–Crippen LogP) is 2.49. The van der Waals surface area contributed by atoms with Crippen molar-refractivity contribution in [1.29, 1.82) is 0 Å². The molecule has 1 nitrogen and oxygen atoms in total. The van der Waals surface area contributed by atoms with Crippen LogP contribution in [0.3, 0.4) is 0 Å². The minimum Gasteiger partial charge on any atom is -0.389 e. The monoisotopic (exact) mass is 173 g/mol. The van der Waals surface area contributed by atoms with Gasteiger partial charge in [-0.15, -0.1) is 0 Å². The van der Waals surface area contributed by atoms with Gasteiger partial charge in [-0.1, -0.05) is 6.58 Å². The summed E-state index contributed by atoms with van der Waals surface area (Å²) in [5.41, 5.74) is 0.610. The van der Waals surface area contributed by atoms with Crippen LogP contribution < -0.4 is 5.32 Å². The summed E-state index contributed by atoms with van der Waals surface area (Å²) in [6.07, 6.45) is 4.04. The van der Waals surface area contributed by atoms with Crippen LogP contribution in [0, 0.1) is 0 Å².